The summed E-state index contributed by atoms with van der Waals surface area (Å²) in [6, 6.07) is 6.14. The van der Waals surface area contributed by atoms with Gasteiger partial charge in [0.1, 0.15) is 12.9 Å². The molecule has 0 saturated carbocycles. The zero-order valence-corrected chi connectivity index (χ0v) is 12.7. The Morgan fingerprint density at radius 2 is 2.00 bits per heavy atom. The largest absolute Gasteiger partial charge is 0.444 e. The lowest BCUT2D eigenvalue weighted by Gasteiger charge is -2.23. The van der Waals surface area contributed by atoms with E-state index in [1.807, 2.05) is 40.6 Å². The van der Waals surface area contributed by atoms with Crippen molar-refractivity contribution in [2.75, 3.05) is 0 Å². The molecular weight excluding hydrogens is 237 g/mol. The summed E-state index contributed by atoms with van der Waals surface area (Å²) in [5.41, 5.74) is 2.99. The Morgan fingerprint density at radius 1 is 1.37 bits per heavy atom. The van der Waals surface area contributed by atoms with Gasteiger partial charge in [0.15, 0.2) is 0 Å². The van der Waals surface area contributed by atoms with E-state index in [-0.39, 0.29) is 12.1 Å². The number of carbonyl (C=O) groups is 1. The second kappa shape index (κ2) is 6.13. The molecule has 0 aliphatic heterocycles. The minimum atomic E-state index is -0.472. The van der Waals surface area contributed by atoms with Gasteiger partial charge in [-0.1, -0.05) is 30.5 Å². The summed E-state index contributed by atoms with van der Waals surface area (Å²) in [5, 5.41) is 2.86. The number of carbonyl (C=O) groups excluding carboxylic acids is 1. The van der Waals surface area contributed by atoms with Crippen LogP contribution in [-0.2, 0) is 4.74 Å². The second-order valence-corrected chi connectivity index (χ2v) is 5.77. The monoisotopic (exact) mass is 260 g/mol. The molecule has 0 aromatic heterocycles. The first kappa shape index (κ1) is 15.6. The fourth-order valence-corrected chi connectivity index (χ4v) is 1.93. The minimum absolute atomic E-state index is 0.0687. The molecule has 4 heteroatoms. The SMILES string of the molecule is C[B]c1ccc(C(C)NC(=O)OC(C)(C)C)c(C)c1. The Kier molecular flexibility index (Phi) is 5.04. The van der Waals surface area contributed by atoms with Crippen LogP contribution in [-0.4, -0.2) is 19.0 Å². The van der Waals surface area contributed by atoms with Gasteiger partial charge in [-0.15, -0.1) is 0 Å². The minimum Gasteiger partial charge on any atom is -0.444 e. The molecule has 19 heavy (non-hydrogen) atoms. The third kappa shape index (κ3) is 4.97. The number of amides is 1. The van der Waals surface area contributed by atoms with Crippen molar-refractivity contribution in [2.24, 2.45) is 0 Å². The Morgan fingerprint density at radius 3 is 2.47 bits per heavy atom. The van der Waals surface area contributed by atoms with E-state index in [0.717, 1.165) is 5.56 Å². The topological polar surface area (TPSA) is 38.3 Å². The molecule has 1 amide bonds. The van der Waals surface area contributed by atoms with Gasteiger partial charge in [0.05, 0.1) is 6.04 Å². The highest BCUT2D eigenvalue weighted by molar-refractivity contribution is 6.51. The summed E-state index contributed by atoms with van der Waals surface area (Å²) in [7, 11) is 2.06. The van der Waals surface area contributed by atoms with Crippen LogP contribution in [0, 0.1) is 6.92 Å². The van der Waals surface area contributed by atoms with Gasteiger partial charge in [-0.2, -0.15) is 0 Å². The summed E-state index contributed by atoms with van der Waals surface area (Å²) in [4.78, 5) is 11.7. The van der Waals surface area contributed by atoms with Crippen LogP contribution >= 0.6 is 0 Å². The van der Waals surface area contributed by atoms with Crippen molar-refractivity contribution >= 4 is 18.8 Å². The first-order chi connectivity index (χ1) is 8.73. The number of ether oxygens (including phenoxy) is 1. The molecular formula is C15H23BNO2. The summed E-state index contributed by atoms with van der Waals surface area (Å²) in [6.07, 6.45) is -0.384. The molecule has 1 atom stereocenters. The Labute approximate surface area is 117 Å². The average molecular weight is 260 g/mol. The number of nitrogens with one attached hydrogen (secondary N) is 1. The molecule has 0 saturated heterocycles. The fourth-order valence-electron chi connectivity index (χ4n) is 1.93. The number of rotatable bonds is 3. The number of alkyl carbamates (subject to hydrolysis) is 1. The molecule has 1 unspecified atom stereocenters. The molecule has 1 aromatic rings. The van der Waals surface area contributed by atoms with Crippen LogP contribution in [0.3, 0.4) is 0 Å². The number of hydrogen-bond acceptors (Lipinski definition) is 2. The van der Waals surface area contributed by atoms with E-state index in [1.165, 1.54) is 11.0 Å². The maximum Gasteiger partial charge on any atom is 0.408 e. The van der Waals surface area contributed by atoms with E-state index in [1.54, 1.807) is 0 Å². The predicted octanol–water partition coefficient (Wildman–Crippen LogP) is 2.96. The Bertz CT molecular complexity index is 452. The van der Waals surface area contributed by atoms with Gasteiger partial charge >= 0.3 is 6.09 Å². The number of benzene rings is 1. The van der Waals surface area contributed by atoms with Crippen molar-refractivity contribution in [1.82, 2.24) is 5.32 Å². The van der Waals surface area contributed by atoms with Crippen molar-refractivity contribution in [3.63, 3.8) is 0 Å². The van der Waals surface area contributed by atoms with Crippen LogP contribution in [0.15, 0.2) is 18.2 Å². The lowest BCUT2D eigenvalue weighted by Crippen LogP contribution is -2.34. The van der Waals surface area contributed by atoms with Gasteiger partial charge in [0.25, 0.3) is 0 Å². The Balaban J connectivity index is 2.73. The molecule has 1 radical (unpaired) electrons. The summed E-state index contributed by atoms with van der Waals surface area (Å²) >= 11 is 0. The van der Waals surface area contributed by atoms with Crippen LogP contribution in [0.2, 0.25) is 6.82 Å². The molecule has 1 N–H and O–H groups in total. The molecule has 1 rings (SSSR count). The van der Waals surface area contributed by atoms with Gasteiger partial charge in [0, 0.05) is 0 Å². The second-order valence-electron chi connectivity index (χ2n) is 5.77. The van der Waals surface area contributed by atoms with Gasteiger partial charge in [0.2, 0.25) is 0 Å². The van der Waals surface area contributed by atoms with E-state index in [0.29, 0.717) is 0 Å². The molecule has 0 bridgehead atoms. The summed E-state index contributed by atoms with van der Waals surface area (Å²) in [6.45, 7) is 11.6. The highest BCUT2D eigenvalue weighted by atomic mass is 16.6. The first-order valence-electron chi connectivity index (χ1n) is 6.62. The zero-order chi connectivity index (χ0) is 14.6. The van der Waals surface area contributed by atoms with E-state index in [9.17, 15) is 4.79 Å². The molecule has 0 aliphatic rings. The first-order valence-corrected chi connectivity index (χ1v) is 6.62. The van der Waals surface area contributed by atoms with Crippen LogP contribution < -0.4 is 10.8 Å². The summed E-state index contributed by atoms with van der Waals surface area (Å²) in [5.74, 6) is 0. The van der Waals surface area contributed by atoms with Crippen LogP contribution in [0.4, 0.5) is 4.79 Å². The number of aryl methyl sites for hydroxylation is 1. The average Bonchev–Trinajstić information content (AvgIpc) is 2.25. The highest BCUT2D eigenvalue weighted by Gasteiger charge is 2.18. The van der Waals surface area contributed by atoms with E-state index < -0.39 is 5.60 Å². The van der Waals surface area contributed by atoms with E-state index in [4.69, 9.17) is 4.74 Å². The highest BCUT2D eigenvalue weighted by Crippen LogP contribution is 2.17. The van der Waals surface area contributed by atoms with E-state index in [2.05, 4.69) is 31.7 Å². The standard InChI is InChI=1S/C15H23BNO2/c1-10-9-12(16-6)7-8-13(10)11(2)17-14(18)19-15(3,4)5/h7-9,11H,1-6H3,(H,17,18). The maximum atomic E-state index is 11.7. The van der Waals surface area contributed by atoms with Crippen molar-refractivity contribution in [2.45, 2.75) is 53.1 Å². The molecule has 0 heterocycles. The molecule has 0 spiro atoms. The normalized spacial score (nSPS) is 12.7. The maximum absolute atomic E-state index is 11.7. The zero-order valence-electron chi connectivity index (χ0n) is 12.7. The van der Waals surface area contributed by atoms with Gasteiger partial charge in [-0.3, -0.25) is 0 Å². The van der Waals surface area contributed by atoms with Crippen molar-refractivity contribution in [1.29, 1.82) is 0 Å². The van der Waals surface area contributed by atoms with Crippen molar-refractivity contribution < 1.29 is 9.53 Å². The molecule has 1 aromatic carbocycles. The number of hydrogen-bond donors (Lipinski definition) is 1. The van der Waals surface area contributed by atoms with Crippen molar-refractivity contribution in [3.8, 4) is 0 Å². The predicted molar refractivity (Wildman–Crippen MR) is 80.2 cm³/mol. The molecule has 0 aliphatic carbocycles. The van der Waals surface area contributed by atoms with Crippen LogP contribution in [0.25, 0.3) is 0 Å². The smallest absolute Gasteiger partial charge is 0.408 e. The quantitative estimate of drug-likeness (QED) is 0.848. The third-order valence-electron chi connectivity index (χ3n) is 2.83. The Hall–Kier alpha value is -1.45. The van der Waals surface area contributed by atoms with Crippen molar-refractivity contribution in [3.05, 3.63) is 29.3 Å². The molecule has 103 valence electrons. The lowest BCUT2D eigenvalue weighted by molar-refractivity contribution is 0.0508. The molecule has 3 nitrogen and oxygen atoms in total. The fraction of sp³-hybridized carbons (Fsp3) is 0.533. The third-order valence-corrected chi connectivity index (χ3v) is 2.83. The van der Waals surface area contributed by atoms with Gasteiger partial charge in [-0.05, 0) is 45.7 Å². The lowest BCUT2D eigenvalue weighted by atomic mass is 9.72. The van der Waals surface area contributed by atoms with Crippen LogP contribution in [0.1, 0.15) is 44.9 Å². The molecule has 0 fully saturated rings. The van der Waals surface area contributed by atoms with E-state index >= 15 is 0 Å². The van der Waals surface area contributed by atoms with Gasteiger partial charge in [-0.25, -0.2) is 4.79 Å². The van der Waals surface area contributed by atoms with Crippen LogP contribution in [0.5, 0.6) is 0 Å². The summed E-state index contributed by atoms with van der Waals surface area (Å²) < 4.78 is 5.26. The van der Waals surface area contributed by atoms with Gasteiger partial charge < -0.3 is 10.1 Å².